The maximum Gasteiger partial charge on any atom is 0.120 e. The molecule has 0 fully saturated rings. The van der Waals surface area contributed by atoms with Gasteiger partial charge in [-0.2, -0.15) is 0 Å². The number of rotatable bonds is 5. The number of hydrogen-bond donors (Lipinski definition) is 0. The van der Waals surface area contributed by atoms with Crippen molar-refractivity contribution >= 4 is 22.6 Å². The topological polar surface area (TPSA) is 9.23 Å². The minimum absolute atomic E-state index is 0.413. The molecule has 0 heterocycles. The predicted molar refractivity (Wildman–Crippen MR) is 73.5 cm³/mol. The van der Waals surface area contributed by atoms with Gasteiger partial charge in [0.2, 0.25) is 0 Å². The van der Waals surface area contributed by atoms with Crippen LogP contribution in [0, 0.1) is 15.4 Å². The van der Waals surface area contributed by atoms with E-state index in [1.54, 1.807) is 6.92 Å². The largest absolute Gasteiger partial charge is 0.493 e. The molecule has 0 aliphatic carbocycles. The molecular formula is C13H17FIO. The zero-order valence-corrected chi connectivity index (χ0v) is 12.0. The van der Waals surface area contributed by atoms with E-state index in [1.807, 2.05) is 18.2 Å². The molecule has 0 aliphatic rings. The first kappa shape index (κ1) is 13.7. The Morgan fingerprint density at radius 3 is 2.62 bits per heavy atom. The molecule has 0 atom stereocenters. The molecule has 1 aromatic carbocycles. The summed E-state index contributed by atoms with van der Waals surface area (Å²) < 4.78 is 19.3. The first-order valence-corrected chi connectivity index (χ1v) is 6.43. The Kier molecular flexibility index (Phi) is 5.52. The molecule has 0 saturated carbocycles. The van der Waals surface area contributed by atoms with Crippen LogP contribution in [-0.2, 0) is 0 Å². The molecule has 89 valence electrons. The summed E-state index contributed by atoms with van der Waals surface area (Å²) in [6.07, 6.45) is 0. The van der Waals surface area contributed by atoms with Crippen LogP contribution in [0.4, 0.5) is 4.39 Å². The number of hydrogen-bond acceptors (Lipinski definition) is 1. The van der Waals surface area contributed by atoms with Gasteiger partial charge in [-0.05, 0) is 52.3 Å². The van der Waals surface area contributed by atoms with Crippen molar-refractivity contribution in [2.75, 3.05) is 13.3 Å². The fourth-order valence-corrected chi connectivity index (χ4v) is 1.87. The van der Waals surface area contributed by atoms with E-state index in [-0.39, 0.29) is 0 Å². The van der Waals surface area contributed by atoms with Gasteiger partial charge in [-0.3, -0.25) is 4.39 Å². The Labute approximate surface area is 111 Å². The van der Waals surface area contributed by atoms with Crippen LogP contribution in [0.3, 0.4) is 0 Å². The summed E-state index contributed by atoms with van der Waals surface area (Å²) >= 11 is 2.22. The van der Waals surface area contributed by atoms with Crippen molar-refractivity contribution in [2.45, 2.75) is 20.8 Å². The Hall–Kier alpha value is -0.320. The van der Waals surface area contributed by atoms with Gasteiger partial charge in [0.05, 0.1) is 13.3 Å². The highest BCUT2D eigenvalue weighted by molar-refractivity contribution is 14.1. The lowest BCUT2D eigenvalue weighted by molar-refractivity contribution is 0.270. The van der Waals surface area contributed by atoms with E-state index < -0.39 is 6.67 Å². The van der Waals surface area contributed by atoms with Gasteiger partial charge < -0.3 is 4.74 Å². The molecule has 0 spiro atoms. The molecule has 16 heavy (non-hydrogen) atoms. The van der Waals surface area contributed by atoms with E-state index in [0.29, 0.717) is 12.5 Å². The lowest BCUT2D eigenvalue weighted by atomic mass is 10.0. The minimum Gasteiger partial charge on any atom is -0.493 e. The number of halogens is 2. The minimum atomic E-state index is -0.413. The molecule has 0 amide bonds. The third kappa shape index (κ3) is 4.28. The van der Waals surface area contributed by atoms with Crippen molar-refractivity contribution in [3.05, 3.63) is 33.3 Å². The van der Waals surface area contributed by atoms with Crippen molar-refractivity contribution in [1.82, 2.24) is 0 Å². The fourth-order valence-electron chi connectivity index (χ4n) is 1.23. The number of alkyl halides is 1. The quantitative estimate of drug-likeness (QED) is 0.732. The monoisotopic (exact) mass is 335 g/mol. The second-order valence-corrected chi connectivity index (χ2v) is 5.54. The van der Waals surface area contributed by atoms with Gasteiger partial charge in [-0.1, -0.05) is 20.8 Å². The van der Waals surface area contributed by atoms with E-state index in [2.05, 4.69) is 36.4 Å². The average molecular weight is 335 g/mol. The zero-order chi connectivity index (χ0) is 12.1. The lowest BCUT2D eigenvalue weighted by Crippen LogP contribution is -2.05. The van der Waals surface area contributed by atoms with E-state index in [1.165, 1.54) is 0 Å². The van der Waals surface area contributed by atoms with Crippen LogP contribution in [0.15, 0.2) is 18.2 Å². The molecule has 0 N–H and O–H groups in total. The third-order valence-corrected chi connectivity index (χ3v) is 2.77. The van der Waals surface area contributed by atoms with Crippen LogP contribution in [-0.4, -0.2) is 13.3 Å². The van der Waals surface area contributed by atoms with Crippen molar-refractivity contribution in [3.63, 3.8) is 0 Å². The summed E-state index contributed by atoms with van der Waals surface area (Å²) in [7, 11) is 0. The molecule has 0 saturated heterocycles. The standard InChI is InChI=1S/C13H17FIO/c1-9(2)8-16-13-5-11(10(3)7-14)4-12(15)6-13/h4-6,9H,7-8H2,1-3H3. The summed E-state index contributed by atoms with van der Waals surface area (Å²) in [4.78, 5) is 0. The van der Waals surface area contributed by atoms with E-state index in [9.17, 15) is 4.39 Å². The molecule has 1 aromatic rings. The Bertz CT molecular complexity index is 339. The van der Waals surface area contributed by atoms with Gasteiger partial charge in [-0.15, -0.1) is 0 Å². The van der Waals surface area contributed by atoms with Crippen LogP contribution >= 0.6 is 22.6 Å². The van der Waals surface area contributed by atoms with Crippen molar-refractivity contribution in [1.29, 1.82) is 0 Å². The van der Waals surface area contributed by atoms with Crippen LogP contribution in [0.25, 0.3) is 0 Å². The zero-order valence-electron chi connectivity index (χ0n) is 9.89. The van der Waals surface area contributed by atoms with Crippen molar-refractivity contribution in [3.8, 4) is 5.75 Å². The number of ether oxygens (including phenoxy) is 1. The Morgan fingerprint density at radius 2 is 2.06 bits per heavy atom. The maximum atomic E-state index is 12.6. The molecular weight excluding hydrogens is 318 g/mol. The van der Waals surface area contributed by atoms with Crippen LogP contribution in [0.2, 0.25) is 0 Å². The highest BCUT2D eigenvalue weighted by Crippen LogP contribution is 2.24. The first-order chi connectivity index (χ1) is 7.52. The fraction of sp³-hybridized carbons (Fsp3) is 0.462. The Balaban J connectivity index is 2.81. The first-order valence-electron chi connectivity index (χ1n) is 5.35. The van der Waals surface area contributed by atoms with Crippen LogP contribution in [0.1, 0.15) is 26.3 Å². The summed E-state index contributed by atoms with van der Waals surface area (Å²) in [5, 5.41) is 0. The predicted octanol–water partition coefficient (Wildman–Crippen LogP) is 4.24. The van der Waals surface area contributed by atoms with E-state index >= 15 is 0 Å². The van der Waals surface area contributed by atoms with Gasteiger partial charge in [0.1, 0.15) is 5.75 Å². The molecule has 1 nitrogen and oxygen atoms in total. The van der Waals surface area contributed by atoms with Crippen molar-refractivity contribution < 1.29 is 9.13 Å². The SMILES string of the molecule is C[C](CF)c1cc(I)cc(OCC(C)C)c1. The molecule has 3 heteroatoms. The smallest absolute Gasteiger partial charge is 0.120 e. The molecule has 0 unspecified atom stereocenters. The van der Waals surface area contributed by atoms with E-state index in [4.69, 9.17) is 4.74 Å². The highest BCUT2D eigenvalue weighted by Gasteiger charge is 2.09. The normalized spacial score (nSPS) is 11.2. The lowest BCUT2D eigenvalue weighted by Gasteiger charge is -2.12. The van der Waals surface area contributed by atoms with Gasteiger partial charge in [-0.25, -0.2) is 0 Å². The molecule has 0 aromatic heterocycles. The molecule has 1 rings (SSSR count). The maximum absolute atomic E-state index is 12.6. The van der Waals surface area contributed by atoms with E-state index in [0.717, 1.165) is 20.8 Å². The number of benzene rings is 1. The molecule has 0 aliphatic heterocycles. The van der Waals surface area contributed by atoms with Gasteiger partial charge >= 0.3 is 0 Å². The molecule has 0 bridgehead atoms. The Morgan fingerprint density at radius 1 is 1.38 bits per heavy atom. The van der Waals surface area contributed by atoms with Crippen LogP contribution < -0.4 is 4.74 Å². The second kappa shape index (κ2) is 6.42. The summed E-state index contributed by atoms with van der Waals surface area (Å²) in [5.41, 5.74) is 0.924. The average Bonchev–Trinajstić information content (AvgIpc) is 2.24. The summed E-state index contributed by atoms with van der Waals surface area (Å²) in [6, 6.07) is 5.84. The highest BCUT2D eigenvalue weighted by atomic mass is 127. The van der Waals surface area contributed by atoms with Gasteiger partial charge in [0.15, 0.2) is 0 Å². The summed E-state index contributed by atoms with van der Waals surface area (Å²) in [5.74, 6) is 2.06. The third-order valence-electron chi connectivity index (χ3n) is 2.15. The van der Waals surface area contributed by atoms with Gasteiger partial charge in [0.25, 0.3) is 0 Å². The van der Waals surface area contributed by atoms with Gasteiger partial charge in [0, 0.05) is 9.49 Å². The van der Waals surface area contributed by atoms with Crippen LogP contribution in [0.5, 0.6) is 5.75 Å². The second-order valence-electron chi connectivity index (χ2n) is 4.29. The summed E-state index contributed by atoms with van der Waals surface area (Å²) in [6.45, 7) is 6.29. The molecule has 1 radical (unpaired) electrons. The van der Waals surface area contributed by atoms with Crippen molar-refractivity contribution in [2.24, 2.45) is 5.92 Å².